The van der Waals surface area contributed by atoms with Crippen molar-refractivity contribution >= 4 is 40.7 Å². The van der Waals surface area contributed by atoms with Gasteiger partial charge in [0.15, 0.2) is 5.11 Å². The van der Waals surface area contributed by atoms with Crippen LogP contribution in [0.4, 0.5) is 5.69 Å². The third-order valence-corrected chi connectivity index (χ3v) is 5.58. The number of hydrazine groups is 1. The van der Waals surface area contributed by atoms with Crippen LogP contribution in [0, 0.1) is 5.92 Å². The zero-order chi connectivity index (χ0) is 24.5. The minimum absolute atomic E-state index is 0.0153. The van der Waals surface area contributed by atoms with Gasteiger partial charge in [0.25, 0.3) is 11.8 Å². The van der Waals surface area contributed by atoms with Crippen molar-refractivity contribution in [2.24, 2.45) is 5.92 Å². The molecule has 2 aromatic rings. The number of amides is 3. The van der Waals surface area contributed by atoms with Gasteiger partial charge in [-0.1, -0.05) is 25.3 Å². The zero-order valence-corrected chi connectivity index (χ0v) is 20.2. The van der Waals surface area contributed by atoms with E-state index in [0.29, 0.717) is 22.6 Å². The van der Waals surface area contributed by atoms with E-state index < -0.39 is 11.8 Å². The van der Waals surface area contributed by atoms with Crippen molar-refractivity contribution in [1.29, 1.82) is 0 Å². The molecule has 0 saturated heterocycles. The molecule has 1 saturated carbocycles. The van der Waals surface area contributed by atoms with Crippen LogP contribution in [-0.2, 0) is 4.79 Å². The first-order valence-electron chi connectivity index (χ1n) is 11.4. The average molecular weight is 483 g/mol. The van der Waals surface area contributed by atoms with E-state index in [2.05, 4.69) is 21.5 Å². The average Bonchev–Trinajstić information content (AvgIpc) is 2.83. The number of carbonyl (C=O) groups excluding carboxylic acids is 3. The van der Waals surface area contributed by atoms with Gasteiger partial charge in [0.1, 0.15) is 5.75 Å². The van der Waals surface area contributed by atoms with Crippen molar-refractivity contribution < 1.29 is 19.1 Å². The summed E-state index contributed by atoms with van der Waals surface area (Å²) in [5, 5.41) is 5.37. The van der Waals surface area contributed by atoms with Gasteiger partial charge in [-0.25, -0.2) is 0 Å². The second kappa shape index (κ2) is 12.1. The molecule has 34 heavy (non-hydrogen) atoms. The minimum atomic E-state index is -0.436. The fourth-order valence-corrected chi connectivity index (χ4v) is 3.83. The van der Waals surface area contributed by atoms with Crippen LogP contribution in [0.5, 0.6) is 5.75 Å². The van der Waals surface area contributed by atoms with Crippen LogP contribution < -0.4 is 26.2 Å². The van der Waals surface area contributed by atoms with Gasteiger partial charge in [-0.05, 0) is 81.4 Å². The monoisotopic (exact) mass is 482 g/mol. The first kappa shape index (κ1) is 25.2. The van der Waals surface area contributed by atoms with E-state index >= 15 is 0 Å². The highest BCUT2D eigenvalue weighted by Gasteiger charge is 2.21. The summed E-state index contributed by atoms with van der Waals surface area (Å²) >= 11 is 5.10. The molecule has 0 radical (unpaired) electrons. The molecule has 180 valence electrons. The summed E-state index contributed by atoms with van der Waals surface area (Å²) in [4.78, 5) is 37.2. The summed E-state index contributed by atoms with van der Waals surface area (Å²) in [6, 6.07) is 13.3. The Morgan fingerprint density at radius 3 is 2.29 bits per heavy atom. The Bertz CT molecular complexity index is 1030. The van der Waals surface area contributed by atoms with Crippen LogP contribution in [0.15, 0.2) is 48.5 Å². The largest absolute Gasteiger partial charge is 0.491 e. The molecule has 8 nitrogen and oxygen atoms in total. The number of hydrogen-bond acceptors (Lipinski definition) is 5. The summed E-state index contributed by atoms with van der Waals surface area (Å²) in [5.41, 5.74) is 6.36. The number of hydrogen-bond donors (Lipinski definition) is 4. The Morgan fingerprint density at radius 2 is 1.62 bits per heavy atom. The van der Waals surface area contributed by atoms with E-state index in [-0.39, 0.29) is 23.0 Å². The van der Waals surface area contributed by atoms with E-state index in [0.717, 1.165) is 25.7 Å². The van der Waals surface area contributed by atoms with Crippen molar-refractivity contribution in [1.82, 2.24) is 16.2 Å². The quantitative estimate of drug-likeness (QED) is 0.367. The molecule has 1 aliphatic carbocycles. The van der Waals surface area contributed by atoms with E-state index in [4.69, 9.17) is 17.0 Å². The van der Waals surface area contributed by atoms with Crippen molar-refractivity contribution in [3.63, 3.8) is 0 Å². The molecular formula is C25H30N4O4S. The fraction of sp³-hybridized carbons (Fsp3) is 0.360. The molecule has 0 aromatic heterocycles. The van der Waals surface area contributed by atoms with Gasteiger partial charge in [-0.15, -0.1) is 0 Å². The lowest BCUT2D eigenvalue weighted by Gasteiger charge is -2.20. The summed E-state index contributed by atoms with van der Waals surface area (Å²) in [7, 11) is 0. The Kier molecular flexibility index (Phi) is 8.98. The maximum absolute atomic E-state index is 12.4. The molecule has 0 bridgehead atoms. The second-order valence-electron chi connectivity index (χ2n) is 8.46. The number of thiocarbonyl (C=S) groups is 1. The van der Waals surface area contributed by atoms with Gasteiger partial charge in [-0.2, -0.15) is 0 Å². The van der Waals surface area contributed by atoms with Crippen LogP contribution in [0.3, 0.4) is 0 Å². The van der Waals surface area contributed by atoms with Crippen molar-refractivity contribution in [2.45, 2.75) is 52.1 Å². The number of nitrogens with one attached hydrogen (secondary N) is 4. The molecule has 0 unspecified atom stereocenters. The third kappa shape index (κ3) is 7.55. The highest BCUT2D eigenvalue weighted by atomic mass is 32.1. The fourth-order valence-electron chi connectivity index (χ4n) is 3.69. The van der Waals surface area contributed by atoms with Crippen molar-refractivity contribution in [2.75, 3.05) is 5.32 Å². The molecular weight excluding hydrogens is 452 g/mol. The highest BCUT2D eigenvalue weighted by Crippen LogP contribution is 2.25. The van der Waals surface area contributed by atoms with Gasteiger partial charge in [0, 0.05) is 22.7 Å². The maximum atomic E-state index is 12.4. The van der Waals surface area contributed by atoms with Gasteiger partial charge >= 0.3 is 0 Å². The Labute approximate surface area is 204 Å². The van der Waals surface area contributed by atoms with Gasteiger partial charge in [-0.3, -0.25) is 30.6 Å². The molecule has 3 amide bonds. The van der Waals surface area contributed by atoms with Crippen LogP contribution in [0.25, 0.3) is 0 Å². The number of rotatable bonds is 6. The Hall–Kier alpha value is -3.46. The van der Waals surface area contributed by atoms with Crippen molar-refractivity contribution in [3.8, 4) is 5.75 Å². The van der Waals surface area contributed by atoms with E-state index in [1.807, 2.05) is 13.8 Å². The summed E-state index contributed by atoms with van der Waals surface area (Å²) in [6.45, 7) is 3.80. The summed E-state index contributed by atoms with van der Waals surface area (Å²) in [6.07, 6.45) is 5.20. The topological polar surface area (TPSA) is 109 Å². The van der Waals surface area contributed by atoms with Gasteiger partial charge in [0.05, 0.1) is 6.10 Å². The smallest absolute Gasteiger partial charge is 0.269 e. The number of carbonyl (C=O) groups is 3. The predicted molar refractivity (Wildman–Crippen MR) is 135 cm³/mol. The lowest BCUT2D eigenvalue weighted by molar-refractivity contribution is -0.120. The first-order chi connectivity index (χ1) is 16.3. The molecule has 0 heterocycles. The Balaban J connectivity index is 1.46. The molecule has 0 atom stereocenters. The maximum Gasteiger partial charge on any atom is 0.269 e. The first-order valence-corrected chi connectivity index (χ1v) is 11.8. The number of benzene rings is 2. The third-order valence-electron chi connectivity index (χ3n) is 5.38. The number of ether oxygens (including phenoxy) is 1. The van der Waals surface area contributed by atoms with Crippen LogP contribution in [0.2, 0.25) is 0 Å². The van der Waals surface area contributed by atoms with E-state index in [1.54, 1.807) is 48.5 Å². The molecule has 2 aromatic carbocycles. The van der Waals surface area contributed by atoms with Gasteiger partial charge < -0.3 is 10.1 Å². The molecule has 9 heteroatoms. The Morgan fingerprint density at radius 1 is 0.912 bits per heavy atom. The lowest BCUT2D eigenvalue weighted by Crippen LogP contribution is -2.48. The van der Waals surface area contributed by atoms with E-state index in [9.17, 15) is 14.4 Å². The standard InChI is InChI=1S/C25H30N4O4S/c1-16(2)33-21-10-6-9-19(15-21)23(31)27-25(34)29-28-24(32)18-11-13-20(14-12-18)26-22(30)17-7-4-3-5-8-17/h6,9-17H,3-5,7-8H2,1-2H3,(H,26,30)(H,28,32)(H2,27,29,31,34). The normalized spacial score (nSPS) is 13.6. The molecule has 1 aliphatic rings. The molecule has 0 spiro atoms. The van der Waals surface area contributed by atoms with Crippen molar-refractivity contribution in [3.05, 3.63) is 59.7 Å². The molecule has 1 fully saturated rings. The highest BCUT2D eigenvalue weighted by molar-refractivity contribution is 7.80. The van der Waals surface area contributed by atoms with Crippen LogP contribution in [-0.4, -0.2) is 28.9 Å². The van der Waals surface area contributed by atoms with Crippen LogP contribution in [0.1, 0.15) is 66.7 Å². The van der Waals surface area contributed by atoms with Gasteiger partial charge in [0.2, 0.25) is 5.91 Å². The lowest BCUT2D eigenvalue weighted by atomic mass is 9.88. The van der Waals surface area contributed by atoms with E-state index in [1.165, 1.54) is 6.42 Å². The predicted octanol–water partition coefficient (Wildman–Crippen LogP) is 3.94. The molecule has 4 N–H and O–H groups in total. The zero-order valence-electron chi connectivity index (χ0n) is 19.4. The number of anilines is 1. The SMILES string of the molecule is CC(C)Oc1cccc(C(=O)NC(=S)NNC(=O)c2ccc(NC(=O)C3CCCCC3)cc2)c1. The molecule has 0 aliphatic heterocycles. The van der Waals surface area contributed by atoms with Crippen LogP contribution >= 0.6 is 12.2 Å². The summed E-state index contributed by atoms with van der Waals surface area (Å²) in [5.74, 6) is -0.204. The summed E-state index contributed by atoms with van der Waals surface area (Å²) < 4.78 is 5.59. The minimum Gasteiger partial charge on any atom is -0.491 e. The molecule has 3 rings (SSSR count). The second-order valence-corrected chi connectivity index (χ2v) is 8.87.